The fraction of sp³-hybridized carbons (Fsp3) is 0.0909. The third-order valence-corrected chi connectivity index (χ3v) is 1.80. The van der Waals surface area contributed by atoms with Crippen LogP contribution in [0.25, 0.3) is 0 Å². The van der Waals surface area contributed by atoms with Gasteiger partial charge in [-0.2, -0.15) is 0 Å². The van der Waals surface area contributed by atoms with Crippen LogP contribution in [0.4, 0.5) is 0 Å². The molecule has 0 N–H and O–H groups in total. The average Bonchev–Trinajstić information content (AvgIpc) is 2.21. The second-order valence-corrected chi connectivity index (χ2v) is 2.79. The zero-order valence-electron chi connectivity index (χ0n) is 7.14. The standard InChI is InChI=1S/C11H9N2/c1-2-6-13-11(3-1)9-10-4-7-12-8-5-10/h1-7H,9H2. The quantitative estimate of drug-likeness (QED) is 0.685. The molecule has 2 rings (SSSR count). The van der Waals surface area contributed by atoms with Gasteiger partial charge >= 0.3 is 0 Å². The lowest BCUT2D eigenvalue weighted by atomic mass is 10.1. The Labute approximate surface area is 77.3 Å². The van der Waals surface area contributed by atoms with Gasteiger partial charge in [-0.25, -0.2) is 0 Å². The number of hydrogen-bond donors (Lipinski definition) is 0. The van der Waals surface area contributed by atoms with Crippen LogP contribution in [-0.2, 0) is 6.42 Å². The maximum atomic E-state index is 4.24. The Hall–Kier alpha value is -1.70. The van der Waals surface area contributed by atoms with E-state index in [1.165, 1.54) is 5.56 Å². The SMILES string of the molecule is [c]1cc(Cc2ccccn2)ccn1. The van der Waals surface area contributed by atoms with E-state index in [0.29, 0.717) is 0 Å². The molecule has 1 radical (unpaired) electrons. The van der Waals surface area contributed by atoms with E-state index in [2.05, 4.69) is 16.2 Å². The van der Waals surface area contributed by atoms with Gasteiger partial charge in [-0.1, -0.05) is 6.07 Å². The topological polar surface area (TPSA) is 25.8 Å². The highest BCUT2D eigenvalue weighted by molar-refractivity contribution is 5.18. The molecule has 13 heavy (non-hydrogen) atoms. The van der Waals surface area contributed by atoms with Gasteiger partial charge in [0, 0.05) is 24.5 Å². The van der Waals surface area contributed by atoms with Crippen LogP contribution in [0.3, 0.4) is 0 Å². The zero-order valence-corrected chi connectivity index (χ0v) is 7.14. The van der Waals surface area contributed by atoms with Crippen molar-refractivity contribution in [1.82, 2.24) is 9.97 Å². The molecular formula is C11H9N2. The number of hydrogen-bond acceptors (Lipinski definition) is 2. The summed E-state index contributed by atoms with van der Waals surface area (Å²) in [6.45, 7) is 0. The van der Waals surface area contributed by atoms with E-state index >= 15 is 0 Å². The summed E-state index contributed by atoms with van der Waals surface area (Å²) in [5.41, 5.74) is 2.26. The molecular weight excluding hydrogens is 160 g/mol. The molecule has 63 valence electrons. The third-order valence-electron chi connectivity index (χ3n) is 1.80. The van der Waals surface area contributed by atoms with Crippen LogP contribution < -0.4 is 0 Å². The summed E-state index contributed by atoms with van der Waals surface area (Å²) < 4.78 is 0. The molecule has 0 aromatic carbocycles. The summed E-state index contributed by atoms with van der Waals surface area (Å²) in [7, 11) is 0. The van der Waals surface area contributed by atoms with E-state index in [1.54, 1.807) is 12.4 Å². The van der Waals surface area contributed by atoms with Gasteiger partial charge in [-0.3, -0.25) is 9.97 Å². The van der Waals surface area contributed by atoms with Gasteiger partial charge in [0.05, 0.1) is 6.20 Å². The molecule has 0 aliphatic heterocycles. The molecule has 2 heterocycles. The molecule has 0 atom stereocenters. The lowest BCUT2D eigenvalue weighted by Crippen LogP contribution is -1.90. The maximum Gasteiger partial charge on any atom is 0.0889 e. The van der Waals surface area contributed by atoms with Crippen molar-refractivity contribution in [2.24, 2.45) is 0 Å². The van der Waals surface area contributed by atoms with Crippen LogP contribution in [0, 0.1) is 6.20 Å². The van der Waals surface area contributed by atoms with Crippen LogP contribution in [-0.4, -0.2) is 9.97 Å². The Bertz CT molecular complexity index is 319. The number of aromatic nitrogens is 2. The summed E-state index contributed by atoms with van der Waals surface area (Å²) in [4.78, 5) is 8.08. The average molecular weight is 169 g/mol. The minimum Gasteiger partial charge on any atom is -0.261 e. The van der Waals surface area contributed by atoms with Gasteiger partial charge in [-0.05, 0) is 29.8 Å². The van der Waals surface area contributed by atoms with Crippen LogP contribution >= 0.6 is 0 Å². The van der Waals surface area contributed by atoms with Crippen LogP contribution in [0.1, 0.15) is 11.3 Å². The predicted octanol–water partition coefficient (Wildman–Crippen LogP) is 1.87. The normalized spacial score (nSPS) is 9.85. The Morgan fingerprint density at radius 3 is 2.85 bits per heavy atom. The largest absolute Gasteiger partial charge is 0.261 e. The summed E-state index contributed by atoms with van der Waals surface area (Å²) in [6, 6.07) is 9.79. The predicted molar refractivity (Wildman–Crippen MR) is 50.1 cm³/mol. The summed E-state index contributed by atoms with van der Waals surface area (Å²) in [6.07, 6.45) is 7.20. The van der Waals surface area contributed by atoms with Gasteiger partial charge < -0.3 is 0 Å². The maximum absolute atomic E-state index is 4.24. The van der Waals surface area contributed by atoms with E-state index in [1.807, 2.05) is 30.3 Å². The lowest BCUT2D eigenvalue weighted by molar-refractivity contribution is 1.06. The second-order valence-electron chi connectivity index (χ2n) is 2.79. The highest BCUT2D eigenvalue weighted by Crippen LogP contribution is 2.04. The second kappa shape index (κ2) is 3.81. The minimum atomic E-state index is 0.847. The fourth-order valence-electron chi connectivity index (χ4n) is 1.17. The number of pyridine rings is 2. The van der Waals surface area contributed by atoms with Crippen molar-refractivity contribution < 1.29 is 0 Å². The van der Waals surface area contributed by atoms with Crippen molar-refractivity contribution in [3.05, 3.63) is 60.2 Å². The first-order valence-corrected chi connectivity index (χ1v) is 4.16. The van der Waals surface area contributed by atoms with Crippen molar-refractivity contribution in [1.29, 1.82) is 0 Å². The molecule has 0 unspecified atom stereocenters. The van der Waals surface area contributed by atoms with Crippen LogP contribution in [0.2, 0.25) is 0 Å². The Morgan fingerprint density at radius 1 is 1.15 bits per heavy atom. The van der Waals surface area contributed by atoms with Gasteiger partial charge in [0.25, 0.3) is 0 Å². The zero-order chi connectivity index (χ0) is 8.93. The Kier molecular flexibility index (Phi) is 2.32. The monoisotopic (exact) mass is 169 g/mol. The molecule has 2 heteroatoms. The van der Waals surface area contributed by atoms with E-state index in [0.717, 1.165) is 12.1 Å². The van der Waals surface area contributed by atoms with Crippen LogP contribution in [0.5, 0.6) is 0 Å². The minimum absolute atomic E-state index is 0.847. The molecule has 2 nitrogen and oxygen atoms in total. The van der Waals surface area contributed by atoms with E-state index in [9.17, 15) is 0 Å². The lowest BCUT2D eigenvalue weighted by Gasteiger charge is -1.98. The molecule has 0 saturated heterocycles. The summed E-state index contributed by atoms with van der Waals surface area (Å²) in [5, 5.41) is 0. The first kappa shape index (κ1) is 7.92. The Balaban J connectivity index is 2.16. The highest BCUT2D eigenvalue weighted by Gasteiger charge is 1.94. The highest BCUT2D eigenvalue weighted by atomic mass is 14.7. The molecule has 0 bridgehead atoms. The van der Waals surface area contributed by atoms with E-state index in [-0.39, 0.29) is 0 Å². The van der Waals surface area contributed by atoms with Gasteiger partial charge in [-0.15, -0.1) is 0 Å². The van der Waals surface area contributed by atoms with Crippen molar-refractivity contribution in [2.75, 3.05) is 0 Å². The van der Waals surface area contributed by atoms with Crippen molar-refractivity contribution >= 4 is 0 Å². The van der Waals surface area contributed by atoms with Crippen molar-refractivity contribution in [2.45, 2.75) is 6.42 Å². The molecule has 0 saturated carbocycles. The van der Waals surface area contributed by atoms with Crippen molar-refractivity contribution in [3.63, 3.8) is 0 Å². The van der Waals surface area contributed by atoms with Crippen molar-refractivity contribution in [3.8, 4) is 0 Å². The van der Waals surface area contributed by atoms with E-state index < -0.39 is 0 Å². The van der Waals surface area contributed by atoms with Gasteiger partial charge in [0.15, 0.2) is 0 Å². The van der Waals surface area contributed by atoms with E-state index in [4.69, 9.17) is 0 Å². The molecule has 0 amide bonds. The molecule has 0 fully saturated rings. The molecule has 0 aliphatic carbocycles. The third kappa shape index (κ3) is 2.12. The first-order valence-electron chi connectivity index (χ1n) is 4.16. The summed E-state index contributed by atoms with van der Waals surface area (Å²) >= 11 is 0. The number of nitrogens with zero attached hydrogens (tertiary/aromatic N) is 2. The molecule has 2 aromatic rings. The number of rotatable bonds is 2. The van der Waals surface area contributed by atoms with Gasteiger partial charge in [0.2, 0.25) is 0 Å². The smallest absolute Gasteiger partial charge is 0.0889 e. The molecule has 0 spiro atoms. The first-order chi connectivity index (χ1) is 6.45. The van der Waals surface area contributed by atoms with Gasteiger partial charge in [0.1, 0.15) is 0 Å². The fourth-order valence-corrected chi connectivity index (χ4v) is 1.17. The Morgan fingerprint density at radius 2 is 2.15 bits per heavy atom. The molecule has 0 aliphatic rings. The van der Waals surface area contributed by atoms with Crippen LogP contribution in [0.15, 0.2) is 42.7 Å². The summed E-state index contributed by atoms with van der Waals surface area (Å²) in [5.74, 6) is 0. The molecule has 2 aromatic heterocycles.